The van der Waals surface area contributed by atoms with Gasteiger partial charge in [-0.3, -0.25) is 0 Å². The minimum Gasteiger partial charge on any atom is -0.485 e. The summed E-state index contributed by atoms with van der Waals surface area (Å²) >= 11 is 0. The van der Waals surface area contributed by atoms with Gasteiger partial charge in [0, 0.05) is 0 Å². The van der Waals surface area contributed by atoms with Crippen LogP contribution in [-0.2, 0) is 24.2 Å². The number of H-pyrrole nitrogens is 1. The van der Waals surface area contributed by atoms with E-state index in [4.69, 9.17) is 9.57 Å². The van der Waals surface area contributed by atoms with Crippen molar-refractivity contribution in [1.82, 2.24) is 20.6 Å². The van der Waals surface area contributed by atoms with Gasteiger partial charge in [-0.25, -0.2) is 0 Å². The summed E-state index contributed by atoms with van der Waals surface area (Å²) in [6.45, 7) is 2.03. The number of aromatic nitrogens is 4. The van der Waals surface area contributed by atoms with E-state index in [9.17, 15) is 13.2 Å². The van der Waals surface area contributed by atoms with Gasteiger partial charge in [-0.15, -0.1) is 10.2 Å². The van der Waals surface area contributed by atoms with Crippen LogP contribution in [-0.4, -0.2) is 26.3 Å². The Bertz CT molecular complexity index is 908. The molecule has 0 spiro atoms. The number of ether oxygens (including phenoxy) is 1. The predicted octanol–water partition coefficient (Wildman–Crippen LogP) is 3.74. The van der Waals surface area contributed by atoms with Crippen LogP contribution < -0.4 is 4.74 Å². The van der Waals surface area contributed by atoms with E-state index in [1.165, 1.54) is 12.1 Å². The summed E-state index contributed by atoms with van der Waals surface area (Å²) in [5.41, 5.74) is 1.34. The van der Waals surface area contributed by atoms with Crippen molar-refractivity contribution < 1.29 is 22.7 Å². The lowest BCUT2D eigenvalue weighted by molar-refractivity contribution is -0.137. The van der Waals surface area contributed by atoms with Crippen LogP contribution in [0.3, 0.4) is 0 Å². The Labute approximate surface area is 158 Å². The third-order valence-corrected chi connectivity index (χ3v) is 3.74. The number of hydrogen-bond acceptors (Lipinski definition) is 6. The number of hydrogen-bond donors (Lipinski definition) is 1. The highest BCUT2D eigenvalue weighted by molar-refractivity contribution is 5.98. The van der Waals surface area contributed by atoms with Crippen molar-refractivity contribution in [3.05, 3.63) is 71.0 Å². The van der Waals surface area contributed by atoms with Gasteiger partial charge in [0.05, 0.1) is 11.3 Å². The molecule has 0 aliphatic carbocycles. The maximum atomic E-state index is 12.5. The second-order valence-electron chi connectivity index (χ2n) is 5.79. The molecule has 0 aliphatic heterocycles. The van der Waals surface area contributed by atoms with Crippen LogP contribution >= 0.6 is 0 Å². The van der Waals surface area contributed by atoms with E-state index in [1.807, 2.05) is 12.1 Å². The van der Waals surface area contributed by atoms with Gasteiger partial charge >= 0.3 is 6.18 Å². The molecular weight excluding hydrogens is 375 g/mol. The number of alkyl halides is 3. The molecule has 0 radical (unpaired) electrons. The monoisotopic (exact) mass is 391 g/mol. The highest BCUT2D eigenvalue weighted by Crippen LogP contribution is 2.29. The molecule has 10 heteroatoms. The third kappa shape index (κ3) is 5.29. The molecule has 28 heavy (non-hydrogen) atoms. The van der Waals surface area contributed by atoms with E-state index >= 15 is 0 Å². The Kier molecular flexibility index (Phi) is 5.87. The molecule has 7 nitrogen and oxygen atoms in total. The smallest absolute Gasteiger partial charge is 0.416 e. The lowest BCUT2D eigenvalue weighted by Crippen LogP contribution is -2.04. The first-order valence-corrected chi connectivity index (χ1v) is 8.20. The molecule has 0 saturated heterocycles. The van der Waals surface area contributed by atoms with Crippen molar-refractivity contribution in [3.63, 3.8) is 0 Å². The standard InChI is InChI=1S/C18H16F3N5O2/c1-12(24-28-10-13-2-6-15(7-3-13)18(19,20)21)14-4-8-16(9-5-14)27-11-17-22-25-26-23-17/h2-9H,10-11H2,1H3,(H,22,23,25,26). The van der Waals surface area contributed by atoms with Crippen molar-refractivity contribution in [3.8, 4) is 5.75 Å². The molecule has 1 heterocycles. The molecule has 1 N–H and O–H groups in total. The lowest BCUT2D eigenvalue weighted by atomic mass is 10.1. The average Bonchev–Trinajstić information content (AvgIpc) is 3.20. The highest BCUT2D eigenvalue weighted by atomic mass is 19.4. The Hall–Kier alpha value is -3.43. The minimum atomic E-state index is -4.35. The SMILES string of the molecule is CC(=NOCc1ccc(C(F)(F)F)cc1)c1ccc(OCc2nn[nH]n2)cc1. The predicted molar refractivity (Wildman–Crippen MR) is 93.4 cm³/mol. The Balaban J connectivity index is 1.51. The molecule has 0 unspecified atom stereocenters. The normalized spacial score (nSPS) is 12.1. The number of nitrogens with zero attached hydrogens (tertiary/aromatic N) is 4. The molecular formula is C18H16F3N5O2. The Morgan fingerprint density at radius 3 is 2.36 bits per heavy atom. The van der Waals surface area contributed by atoms with E-state index in [1.54, 1.807) is 19.1 Å². The van der Waals surface area contributed by atoms with Crippen LogP contribution in [0.5, 0.6) is 5.75 Å². The van der Waals surface area contributed by atoms with Gasteiger partial charge in [-0.2, -0.15) is 18.4 Å². The molecule has 0 aliphatic rings. The maximum Gasteiger partial charge on any atom is 0.416 e. The van der Waals surface area contributed by atoms with Gasteiger partial charge in [0.1, 0.15) is 12.4 Å². The van der Waals surface area contributed by atoms with Crippen LogP contribution in [0.2, 0.25) is 0 Å². The van der Waals surface area contributed by atoms with Crippen LogP contribution in [0.15, 0.2) is 53.7 Å². The molecule has 3 aromatic rings. The van der Waals surface area contributed by atoms with Crippen LogP contribution in [0.1, 0.15) is 29.4 Å². The van der Waals surface area contributed by atoms with Crippen LogP contribution in [0, 0.1) is 0 Å². The summed E-state index contributed by atoms with van der Waals surface area (Å²) in [5, 5.41) is 17.4. The van der Waals surface area contributed by atoms with E-state index in [0.29, 0.717) is 22.8 Å². The molecule has 2 aromatic carbocycles. The van der Waals surface area contributed by atoms with Gasteiger partial charge in [0.2, 0.25) is 5.82 Å². The van der Waals surface area contributed by atoms with Gasteiger partial charge < -0.3 is 9.57 Å². The summed E-state index contributed by atoms with van der Waals surface area (Å²) in [6, 6.07) is 11.9. The van der Waals surface area contributed by atoms with Crippen molar-refractivity contribution >= 4 is 5.71 Å². The number of benzene rings is 2. The van der Waals surface area contributed by atoms with Crippen molar-refractivity contribution in [2.75, 3.05) is 0 Å². The van der Waals surface area contributed by atoms with Gasteiger partial charge in [0.25, 0.3) is 0 Å². The van der Waals surface area contributed by atoms with Crippen molar-refractivity contribution in [2.45, 2.75) is 26.3 Å². The first-order valence-electron chi connectivity index (χ1n) is 8.20. The summed E-state index contributed by atoms with van der Waals surface area (Å²) < 4.78 is 43.1. The van der Waals surface area contributed by atoms with E-state index in [2.05, 4.69) is 25.8 Å². The Morgan fingerprint density at radius 1 is 1.04 bits per heavy atom. The molecule has 1 aromatic heterocycles. The average molecular weight is 391 g/mol. The second kappa shape index (κ2) is 8.51. The molecule has 0 amide bonds. The van der Waals surface area contributed by atoms with Crippen molar-refractivity contribution in [1.29, 1.82) is 0 Å². The largest absolute Gasteiger partial charge is 0.485 e. The topological polar surface area (TPSA) is 85.3 Å². The number of halogens is 3. The summed E-state index contributed by atoms with van der Waals surface area (Å²) in [4.78, 5) is 5.24. The first kappa shape index (κ1) is 19.3. The maximum absolute atomic E-state index is 12.5. The number of rotatable bonds is 7. The quantitative estimate of drug-likeness (QED) is 0.490. The summed E-state index contributed by atoms with van der Waals surface area (Å²) in [5.74, 6) is 1.07. The van der Waals surface area contributed by atoms with Crippen molar-refractivity contribution in [2.24, 2.45) is 5.16 Å². The fraction of sp³-hybridized carbons (Fsp3) is 0.222. The molecule has 146 valence electrons. The number of aromatic amines is 1. The first-order chi connectivity index (χ1) is 13.4. The van der Waals surface area contributed by atoms with Crippen LogP contribution in [0.25, 0.3) is 0 Å². The highest BCUT2D eigenvalue weighted by Gasteiger charge is 2.29. The number of oxime groups is 1. The zero-order chi connectivity index (χ0) is 20.0. The molecule has 0 atom stereocenters. The zero-order valence-electron chi connectivity index (χ0n) is 14.8. The molecule has 0 saturated carbocycles. The van der Waals surface area contributed by atoms with Gasteiger partial charge in [-0.05, 0) is 54.4 Å². The van der Waals surface area contributed by atoms with Crippen LogP contribution in [0.4, 0.5) is 13.2 Å². The lowest BCUT2D eigenvalue weighted by Gasteiger charge is -2.08. The van der Waals surface area contributed by atoms with E-state index < -0.39 is 11.7 Å². The zero-order valence-corrected chi connectivity index (χ0v) is 14.8. The Morgan fingerprint density at radius 2 is 1.75 bits per heavy atom. The van der Waals surface area contributed by atoms with E-state index in [-0.39, 0.29) is 13.2 Å². The van der Waals surface area contributed by atoms with Gasteiger partial charge in [-0.1, -0.05) is 22.5 Å². The fourth-order valence-electron chi connectivity index (χ4n) is 2.23. The summed E-state index contributed by atoms with van der Waals surface area (Å²) in [7, 11) is 0. The third-order valence-electron chi connectivity index (χ3n) is 3.74. The number of tetrazole rings is 1. The molecule has 0 bridgehead atoms. The summed E-state index contributed by atoms with van der Waals surface area (Å²) in [6.07, 6.45) is -4.35. The molecule has 0 fully saturated rings. The second-order valence-corrected chi connectivity index (χ2v) is 5.79. The van der Waals surface area contributed by atoms with E-state index in [0.717, 1.165) is 17.7 Å². The fourth-order valence-corrected chi connectivity index (χ4v) is 2.23. The molecule has 3 rings (SSSR count). The van der Waals surface area contributed by atoms with Gasteiger partial charge in [0.15, 0.2) is 6.61 Å². The number of nitrogens with one attached hydrogen (secondary N) is 1. The minimum absolute atomic E-state index is 0.0708.